The zero-order valence-corrected chi connectivity index (χ0v) is 10.2. The third kappa shape index (κ3) is 3.19. The maximum absolute atomic E-state index is 9.27. The third-order valence-corrected chi connectivity index (χ3v) is 4.43. The van der Waals surface area contributed by atoms with Gasteiger partial charge in [0, 0.05) is 18.7 Å². The smallest absolute Gasteiger partial charge is 0.0462 e. The van der Waals surface area contributed by atoms with E-state index in [1.807, 2.05) is 0 Å². The number of hydrogen-bond acceptors (Lipinski definition) is 3. The van der Waals surface area contributed by atoms with Crippen molar-refractivity contribution in [3.8, 4) is 0 Å². The van der Waals surface area contributed by atoms with E-state index in [4.69, 9.17) is 5.73 Å². The largest absolute Gasteiger partial charge is 0.396 e. The van der Waals surface area contributed by atoms with Gasteiger partial charge < -0.3 is 16.2 Å². The zero-order chi connectivity index (χ0) is 11.4. The van der Waals surface area contributed by atoms with Gasteiger partial charge in [0.2, 0.25) is 0 Å². The topological polar surface area (TPSA) is 58.3 Å². The van der Waals surface area contributed by atoms with Gasteiger partial charge in [0.1, 0.15) is 0 Å². The highest BCUT2D eigenvalue weighted by Crippen LogP contribution is 2.31. The van der Waals surface area contributed by atoms with Crippen LogP contribution in [0.4, 0.5) is 0 Å². The highest BCUT2D eigenvalue weighted by molar-refractivity contribution is 4.83. The van der Waals surface area contributed by atoms with Crippen LogP contribution in [0.5, 0.6) is 0 Å². The van der Waals surface area contributed by atoms with E-state index in [2.05, 4.69) is 5.32 Å². The summed E-state index contributed by atoms with van der Waals surface area (Å²) < 4.78 is 0. The molecule has 0 aromatic rings. The average Bonchev–Trinajstić information content (AvgIpc) is 2.74. The zero-order valence-electron chi connectivity index (χ0n) is 10.2. The summed E-state index contributed by atoms with van der Waals surface area (Å²) in [4.78, 5) is 0. The molecular formula is C13H26N2O. The lowest BCUT2D eigenvalue weighted by molar-refractivity contribution is 0.187. The van der Waals surface area contributed by atoms with Crippen LogP contribution < -0.4 is 11.1 Å². The number of aliphatic hydroxyl groups is 1. The Morgan fingerprint density at radius 2 is 1.81 bits per heavy atom. The molecule has 2 aliphatic rings. The SMILES string of the molecule is NC1CCCC(NCC2CCCC2CO)C1. The lowest BCUT2D eigenvalue weighted by Gasteiger charge is -2.29. The van der Waals surface area contributed by atoms with Gasteiger partial charge in [-0.05, 0) is 50.5 Å². The van der Waals surface area contributed by atoms with Crippen molar-refractivity contribution in [1.29, 1.82) is 0 Å². The van der Waals surface area contributed by atoms with Crippen molar-refractivity contribution in [2.45, 2.75) is 57.0 Å². The van der Waals surface area contributed by atoms with Crippen LogP contribution in [0.1, 0.15) is 44.9 Å². The minimum atomic E-state index is 0.372. The predicted molar refractivity (Wildman–Crippen MR) is 66.2 cm³/mol. The van der Waals surface area contributed by atoms with E-state index in [1.165, 1.54) is 38.5 Å². The molecule has 0 aromatic heterocycles. The third-order valence-electron chi connectivity index (χ3n) is 4.43. The Balaban J connectivity index is 1.70. The number of nitrogens with one attached hydrogen (secondary N) is 1. The summed E-state index contributed by atoms with van der Waals surface area (Å²) in [7, 11) is 0. The summed E-state index contributed by atoms with van der Waals surface area (Å²) in [5, 5.41) is 12.9. The molecule has 0 amide bonds. The second-order valence-corrected chi connectivity index (χ2v) is 5.67. The first-order chi connectivity index (χ1) is 7.79. The molecule has 0 heterocycles. The molecule has 4 atom stereocenters. The normalized spacial score (nSPS) is 40.1. The Kier molecular flexibility index (Phi) is 4.62. The standard InChI is InChI=1S/C13H26N2O/c14-12-5-2-6-13(7-12)15-8-10-3-1-4-11(10)9-16/h10-13,15-16H,1-9,14H2. The molecule has 16 heavy (non-hydrogen) atoms. The van der Waals surface area contributed by atoms with Gasteiger partial charge in [0.25, 0.3) is 0 Å². The van der Waals surface area contributed by atoms with Crippen molar-refractivity contribution in [1.82, 2.24) is 5.32 Å². The van der Waals surface area contributed by atoms with Crippen LogP contribution in [0.25, 0.3) is 0 Å². The van der Waals surface area contributed by atoms with Crippen LogP contribution in [0.2, 0.25) is 0 Å². The molecule has 4 unspecified atom stereocenters. The molecule has 2 aliphatic carbocycles. The van der Waals surface area contributed by atoms with Gasteiger partial charge >= 0.3 is 0 Å². The van der Waals surface area contributed by atoms with E-state index >= 15 is 0 Å². The van der Waals surface area contributed by atoms with Crippen LogP contribution >= 0.6 is 0 Å². The summed E-state index contributed by atoms with van der Waals surface area (Å²) in [6, 6.07) is 1.03. The van der Waals surface area contributed by atoms with Crippen molar-refractivity contribution in [2.24, 2.45) is 17.6 Å². The van der Waals surface area contributed by atoms with Gasteiger partial charge in [-0.3, -0.25) is 0 Å². The predicted octanol–water partition coefficient (Wildman–Crippen LogP) is 1.25. The van der Waals surface area contributed by atoms with Crippen molar-refractivity contribution in [3.05, 3.63) is 0 Å². The molecule has 4 N–H and O–H groups in total. The molecule has 0 radical (unpaired) electrons. The first kappa shape index (κ1) is 12.3. The van der Waals surface area contributed by atoms with Gasteiger partial charge in [-0.1, -0.05) is 12.8 Å². The fourth-order valence-electron chi connectivity index (χ4n) is 3.35. The second kappa shape index (κ2) is 5.99. The molecule has 0 aromatic carbocycles. The highest BCUT2D eigenvalue weighted by atomic mass is 16.3. The molecule has 3 nitrogen and oxygen atoms in total. The maximum atomic E-state index is 9.27. The van der Waals surface area contributed by atoms with Gasteiger partial charge in [-0.25, -0.2) is 0 Å². The van der Waals surface area contributed by atoms with Crippen molar-refractivity contribution in [3.63, 3.8) is 0 Å². The molecule has 0 spiro atoms. The van der Waals surface area contributed by atoms with E-state index in [0.29, 0.717) is 30.5 Å². The van der Waals surface area contributed by atoms with E-state index in [-0.39, 0.29) is 0 Å². The van der Waals surface area contributed by atoms with Crippen LogP contribution in [-0.4, -0.2) is 30.3 Å². The Labute approximate surface area is 98.8 Å². The first-order valence-corrected chi connectivity index (χ1v) is 6.89. The van der Waals surface area contributed by atoms with E-state index in [1.54, 1.807) is 0 Å². The molecule has 0 saturated heterocycles. The molecule has 2 saturated carbocycles. The summed E-state index contributed by atoms with van der Waals surface area (Å²) >= 11 is 0. The van der Waals surface area contributed by atoms with Crippen molar-refractivity contribution in [2.75, 3.05) is 13.2 Å². The molecular weight excluding hydrogens is 200 g/mol. The van der Waals surface area contributed by atoms with Gasteiger partial charge in [-0.15, -0.1) is 0 Å². The number of nitrogens with two attached hydrogens (primary N) is 1. The first-order valence-electron chi connectivity index (χ1n) is 6.89. The van der Waals surface area contributed by atoms with Crippen LogP contribution in [-0.2, 0) is 0 Å². The van der Waals surface area contributed by atoms with E-state index in [9.17, 15) is 5.11 Å². The second-order valence-electron chi connectivity index (χ2n) is 5.67. The summed E-state index contributed by atoms with van der Waals surface area (Å²) in [5.74, 6) is 1.24. The maximum Gasteiger partial charge on any atom is 0.0462 e. The lowest BCUT2D eigenvalue weighted by Crippen LogP contribution is -2.41. The minimum absolute atomic E-state index is 0.372. The van der Waals surface area contributed by atoms with Gasteiger partial charge in [-0.2, -0.15) is 0 Å². The van der Waals surface area contributed by atoms with Gasteiger partial charge in [0.15, 0.2) is 0 Å². The number of aliphatic hydroxyl groups excluding tert-OH is 1. The van der Waals surface area contributed by atoms with E-state index < -0.39 is 0 Å². The summed E-state index contributed by atoms with van der Waals surface area (Å²) in [5.41, 5.74) is 5.98. The summed E-state index contributed by atoms with van der Waals surface area (Å²) in [6.07, 6.45) is 8.68. The molecule has 3 heteroatoms. The Hall–Kier alpha value is -0.120. The molecule has 94 valence electrons. The van der Waals surface area contributed by atoms with Crippen LogP contribution in [0, 0.1) is 11.8 Å². The monoisotopic (exact) mass is 226 g/mol. The Bertz CT molecular complexity index is 210. The average molecular weight is 226 g/mol. The van der Waals surface area contributed by atoms with Crippen LogP contribution in [0.15, 0.2) is 0 Å². The van der Waals surface area contributed by atoms with Crippen molar-refractivity contribution >= 4 is 0 Å². The van der Waals surface area contributed by atoms with E-state index in [0.717, 1.165) is 13.0 Å². The molecule has 0 aliphatic heterocycles. The minimum Gasteiger partial charge on any atom is -0.396 e. The molecule has 2 fully saturated rings. The fourth-order valence-corrected chi connectivity index (χ4v) is 3.35. The highest BCUT2D eigenvalue weighted by Gasteiger charge is 2.27. The van der Waals surface area contributed by atoms with Crippen molar-refractivity contribution < 1.29 is 5.11 Å². The lowest BCUT2D eigenvalue weighted by atomic mass is 9.90. The fraction of sp³-hybridized carbons (Fsp3) is 1.00. The quantitative estimate of drug-likeness (QED) is 0.676. The number of hydrogen-bond donors (Lipinski definition) is 3. The Morgan fingerprint density at radius 3 is 2.56 bits per heavy atom. The van der Waals surface area contributed by atoms with Crippen LogP contribution in [0.3, 0.4) is 0 Å². The molecule has 2 rings (SSSR count). The summed E-state index contributed by atoms with van der Waals surface area (Å²) in [6.45, 7) is 1.46. The number of rotatable bonds is 4. The Morgan fingerprint density at radius 1 is 1.06 bits per heavy atom. The van der Waals surface area contributed by atoms with Gasteiger partial charge in [0.05, 0.1) is 0 Å². The molecule has 0 bridgehead atoms.